The van der Waals surface area contributed by atoms with Gasteiger partial charge in [-0.15, -0.1) is 24.0 Å². The summed E-state index contributed by atoms with van der Waals surface area (Å²) in [6.07, 6.45) is 4.60. The third-order valence-electron chi connectivity index (χ3n) is 6.00. The van der Waals surface area contributed by atoms with Crippen LogP contribution in [0.3, 0.4) is 0 Å². The monoisotopic (exact) mass is 559 g/mol. The van der Waals surface area contributed by atoms with E-state index in [2.05, 4.69) is 15.2 Å². The maximum Gasteiger partial charge on any atom is 0.269 e. The molecule has 2 fully saturated rings. The lowest BCUT2D eigenvalue weighted by atomic mass is 9.95. The highest BCUT2D eigenvalue weighted by atomic mass is 127. The van der Waals surface area contributed by atoms with Crippen LogP contribution in [0.5, 0.6) is 0 Å². The number of likely N-dealkylation sites (tertiary alicyclic amines) is 1. The number of morpholine rings is 1. The molecule has 1 aromatic carbocycles. The van der Waals surface area contributed by atoms with E-state index >= 15 is 0 Å². The second-order valence-corrected chi connectivity index (χ2v) is 8.05. The molecule has 3 rings (SSSR count). The Kier molecular flexibility index (Phi) is 11.1. The molecular weight excluding hydrogens is 525 g/mol. The predicted molar refractivity (Wildman–Crippen MR) is 135 cm³/mol. The van der Waals surface area contributed by atoms with Crippen molar-refractivity contribution in [1.82, 2.24) is 15.1 Å². The van der Waals surface area contributed by atoms with Crippen molar-refractivity contribution in [2.24, 2.45) is 10.9 Å². The number of aryl methyl sites for hydroxylation is 1. The van der Waals surface area contributed by atoms with Crippen molar-refractivity contribution in [1.29, 1.82) is 0 Å². The van der Waals surface area contributed by atoms with Gasteiger partial charge in [0.1, 0.15) is 0 Å². The molecule has 1 N–H and O–H groups in total. The highest BCUT2D eigenvalue weighted by Crippen LogP contribution is 2.20. The number of guanidine groups is 1. The number of carbonyl (C=O) groups is 1. The number of halogens is 1. The van der Waals surface area contributed by atoms with Gasteiger partial charge < -0.3 is 19.9 Å². The van der Waals surface area contributed by atoms with Crippen molar-refractivity contribution in [3.8, 4) is 0 Å². The highest BCUT2D eigenvalue weighted by Gasteiger charge is 2.30. The van der Waals surface area contributed by atoms with E-state index < -0.39 is 0 Å². The number of nitro benzene ring substituents is 1. The number of ether oxygens (including phenoxy) is 1. The van der Waals surface area contributed by atoms with Gasteiger partial charge in [0.15, 0.2) is 5.96 Å². The van der Waals surface area contributed by atoms with Gasteiger partial charge in [0.2, 0.25) is 5.91 Å². The molecule has 9 nitrogen and oxygen atoms in total. The summed E-state index contributed by atoms with van der Waals surface area (Å²) in [7, 11) is 1.80. The van der Waals surface area contributed by atoms with Crippen molar-refractivity contribution >= 4 is 41.5 Å². The van der Waals surface area contributed by atoms with Crippen molar-refractivity contribution in [2.45, 2.75) is 32.1 Å². The van der Waals surface area contributed by atoms with Crippen LogP contribution in [0.25, 0.3) is 0 Å². The van der Waals surface area contributed by atoms with Crippen LogP contribution in [0.4, 0.5) is 5.69 Å². The Morgan fingerprint density at radius 1 is 1.12 bits per heavy atom. The third kappa shape index (κ3) is 7.58. The fourth-order valence-corrected chi connectivity index (χ4v) is 4.15. The molecule has 10 heteroatoms. The Bertz CT molecular complexity index is 760. The average molecular weight is 559 g/mol. The molecule has 2 saturated heterocycles. The van der Waals surface area contributed by atoms with Crippen LogP contribution < -0.4 is 5.32 Å². The van der Waals surface area contributed by atoms with E-state index in [9.17, 15) is 14.9 Å². The Morgan fingerprint density at radius 2 is 1.78 bits per heavy atom. The predicted octanol–water partition coefficient (Wildman–Crippen LogP) is 2.68. The number of carbonyl (C=O) groups excluding carboxylic acids is 1. The van der Waals surface area contributed by atoms with Gasteiger partial charge in [0, 0.05) is 57.8 Å². The van der Waals surface area contributed by atoms with Crippen LogP contribution in [0.1, 0.15) is 31.2 Å². The molecule has 0 bridgehead atoms. The zero-order chi connectivity index (χ0) is 22.1. The molecule has 0 radical (unpaired) electrons. The first-order valence-electron chi connectivity index (χ1n) is 11.1. The first kappa shape index (κ1) is 26.3. The number of rotatable bonds is 7. The van der Waals surface area contributed by atoms with Crippen molar-refractivity contribution in [2.75, 3.05) is 53.0 Å². The fraction of sp³-hybridized carbons (Fsp3) is 0.636. The van der Waals surface area contributed by atoms with Gasteiger partial charge in [-0.25, -0.2) is 0 Å². The largest absolute Gasteiger partial charge is 0.378 e. The summed E-state index contributed by atoms with van der Waals surface area (Å²) < 4.78 is 5.34. The van der Waals surface area contributed by atoms with Gasteiger partial charge in [-0.1, -0.05) is 12.1 Å². The first-order chi connectivity index (χ1) is 15.1. The molecule has 0 aromatic heterocycles. The van der Waals surface area contributed by atoms with E-state index in [1.54, 1.807) is 19.2 Å². The molecule has 0 spiro atoms. The Balaban J connectivity index is 0.00000363. The molecule has 1 amide bonds. The lowest BCUT2D eigenvalue weighted by Crippen LogP contribution is -2.50. The van der Waals surface area contributed by atoms with Crippen molar-refractivity contribution in [3.63, 3.8) is 0 Å². The second-order valence-electron chi connectivity index (χ2n) is 8.05. The summed E-state index contributed by atoms with van der Waals surface area (Å²) in [6.45, 7) is 5.21. The lowest BCUT2D eigenvalue weighted by molar-refractivity contribution is -0.384. The zero-order valence-corrected chi connectivity index (χ0v) is 21.0. The number of nitrogens with zero attached hydrogens (tertiary/aromatic N) is 4. The van der Waals surface area contributed by atoms with E-state index in [0.717, 1.165) is 63.3 Å². The van der Waals surface area contributed by atoms with Crippen molar-refractivity contribution in [3.05, 3.63) is 39.9 Å². The summed E-state index contributed by atoms with van der Waals surface area (Å²) in [6, 6.07) is 6.77. The molecule has 0 saturated carbocycles. The van der Waals surface area contributed by atoms with E-state index in [0.29, 0.717) is 26.3 Å². The normalized spacial score (nSPS) is 17.6. The molecule has 2 heterocycles. The van der Waals surface area contributed by atoms with Crippen molar-refractivity contribution < 1.29 is 14.5 Å². The number of nitro groups is 1. The quantitative estimate of drug-likeness (QED) is 0.138. The molecule has 32 heavy (non-hydrogen) atoms. The number of aliphatic imine (C=N–C) groups is 1. The maximum absolute atomic E-state index is 12.7. The minimum atomic E-state index is -0.374. The summed E-state index contributed by atoms with van der Waals surface area (Å²) >= 11 is 0. The standard InChI is InChI=1S/C22H33N5O4.HI/c1-23-22(24-11-3-2-4-18-5-7-20(8-6-18)27(29)30)26-12-9-19(10-13-26)21(28)25-14-16-31-17-15-25;/h5-8,19H,2-4,9-17H2,1H3,(H,23,24);1H. The van der Waals surface area contributed by atoms with Crippen LogP contribution in [-0.2, 0) is 16.0 Å². The number of piperidine rings is 1. The van der Waals surface area contributed by atoms with Gasteiger partial charge in [0.25, 0.3) is 5.69 Å². The Hall–Kier alpha value is -1.95. The molecule has 1 aromatic rings. The number of hydrogen-bond acceptors (Lipinski definition) is 5. The number of hydrogen-bond donors (Lipinski definition) is 1. The molecule has 2 aliphatic rings. The minimum Gasteiger partial charge on any atom is -0.378 e. The molecule has 178 valence electrons. The topological polar surface area (TPSA) is 100 Å². The van der Waals surface area contributed by atoms with Crippen LogP contribution >= 0.6 is 24.0 Å². The van der Waals surface area contributed by atoms with Gasteiger partial charge in [0.05, 0.1) is 18.1 Å². The third-order valence-corrected chi connectivity index (χ3v) is 6.00. The molecule has 0 atom stereocenters. The number of amides is 1. The Labute approximate surface area is 206 Å². The van der Waals surface area contributed by atoms with Gasteiger partial charge in [-0.3, -0.25) is 19.9 Å². The summed E-state index contributed by atoms with van der Waals surface area (Å²) in [5.41, 5.74) is 1.24. The van der Waals surface area contributed by atoms with Gasteiger partial charge >= 0.3 is 0 Å². The van der Waals surface area contributed by atoms with Crippen LogP contribution in [0.2, 0.25) is 0 Å². The summed E-state index contributed by atoms with van der Waals surface area (Å²) in [5, 5.41) is 14.1. The first-order valence-corrected chi connectivity index (χ1v) is 11.1. The van der Waals surface area contributed by atoms with Crippen LogP contribution in [0, 0.1) is 16.0 Å². The summed E-state index contributed by atoms with van der Waals surface area (Å²) in [5.74, 6) is 1.28. The molecule has 2 aliphatic heterocycles. The van der Waals surface area contributed by atoms with Gasteiger partial charge in [-0.2, -0.15) is 0 Å². The maximum atomic E-state index is 12.7. The lowest BCUT2D eigenvalue weighted by Gasteiger charge is -2.36. The van der Waals surface area contributed by atoms with E-state index in [1.807, 2.05) is 17.0 Å². The number of non-ortho nitro benzene ring substituents is 1. The van der Waals surface area contributed by atoms with Gasteiger partial charge in [-0.05, 0) is 37.7 Å². The fourth-order valence-electron chi connectivity index (χ4n) is 4.15. The van der Waals surface area contributed by atoms with E-state index in [1.165, 1.54) is 0 Å². The van der Waals surface area contributed by atoms with Crippen LogP contribution in [-0.4, -0.2) is 79.6 Å². The number of benzene rings is 1. The second kappa shape index (κ2) is 13.6. The summed E-state index contributed by atoms with van der Waals surface area (Å²) in [4.78, 5) is 31.6. The zero-order valence-electron chi connectivity index (χ0n) is 18.7. The smallest absolute Gasteiger partial charge is 0.269 e. The SMILES string of the molecule is CN=C(NCCCCc1ccc([N+](=O)[O-])cc1)N1CCC(C(=O)N2CCOCC2)CC1.I. The molecular formula is C22H34IN5O4. The molecule has 0 unspecified atom stereocenters. The van der Waals surface area contributed by atoms with E-state index in [4.69, 9.17) is 4.74 Å². The average Bonchev–Trinajstić information content (AvgIpc) is 2.82. The van der Waals surface area contributed by atoms with Crippen LogP contribution in [0.15, 0.2) is 29.3 Å². The molecule has 0 aliphatic carbocycles. The number of nitrogens with one attached hydrogen (secondary N) is 1. The highest BCUT2D eigenvalue weighted by molar-refractivity contribution is 14.0. The van der Waals surface area contributed by atoms with E-state index in [-0.39, 0.29) is 46.4 Å². The number of unbranched alkanes of at least 4 members (excludes halogenated alkanes) is 1. The Morgan fingerprint density at radius 3 is 2.38 bits per heavy atom. The minimum absolute atomic E-state index is 0.